The lowest BCUT2D eigenvalue weighted by molar-refractivity contribution is 0.220. The van der Waals surface area contributed by atoms with E-state index in [2.05, 4.69) is 11.4 Å². The summed E-state index contributed by atoms with van der Waals surface area (Å²) < 4.78 is 5.13. The Balaban J connectivity index is 1.64. The SMILES string of the molecule is COc1cc(CN(C)C(=O)Nc2ccccc2SC2CCCC2)ccc1O. The molecular formula is C21H26N2O3S. The summed E-state index contributed by atoms with van der Waals surface area (Å²) in [7, 11) is 3.26. The first-order valence-corrected chi connectivity index (χ1v) is 10.1. The van der Waals surface area contributed by atoms with Gasteiger partial charge in [0.25, 0.3) is 0 Å². The molecule has 0 aliphatic heterocycles. The van der Waals surface area contributed by atoms with Gasteiger partial charge < -0.3 is 20.1 Å². The van der Waals surface area contributed by atoms with Gasteiger partial charge >= 0.3 is 6.03 Å². The largest absolute Gasteiger partial charge is 0.504 e. The van der Waals surface area contributed by atoms with Crippen LogP contribution in [0, 0.1) is 0 Å². The Morgan fingerprint density at radius 1 is 1.26 bits per heavy atom. The number of nitrogens with one attached hydrogen (secondary N) is 1. The Kier molecular flexibility index (Phi) is 6.50. The molecule has 0 spiro atoms. The number of aromatic hydroxyl groups is 1. The molecule has 27 heavy (non-hydrogen) atoms. The van der Waals surface area contributed by atoms with Gasteiger partial charge in [-0.15, -0.1) is 11.8 Å². The number of phenols is 1. The summed E-state index contributed by atoms with van der Waals surface area (Å²) in [6.07, 6.45) is 5.08. The van der Waals surface area contributed by atoms with Gasteiger partial charge in [0, 0.05) is 23.7 Å². The second kappa shape index (κ2) is 9.04. The van der Waals surface area contributed by atoms with E-state index in [0.29, 0.717) is 17.5 Å². The molecule has 2 N–H and O–H groups in total. The molecule has 0 atom stereocenters. The van der Waals surface area contributed by atoms with Crippen LogP contribution in [0.1, 0.15) is 31.2 Å². The van der Waals surface area contributed by atoms with Gasteiger partial charge in [-0.3, -0.25) is 0 Å². The lowest BCUT2D eigenvalue weighted by Crippen LogP contribution is -2.31. The number of nitrogens with zero attached hydrogens (tertiary/aromatic N) is 1. The molecule has 0 radical (unpaired) electrons. The number of ether oxygens (including phenoxy) is 1. The number of para-hydroxylation sites is 1. The maximum Gasteiger partial charge on any atom is 0.321 e. The van der Waals surface area contributed by atoms with E-state index >= 15 is 0 Å². The van der Waals surface area contributed by atoms with Crippen molar-refractivity contribution in [1.82, 2.24) is 4.90 Å². The van der Waals surface area contributed by atoms with Crippen molar-refractivity contribution < 1.29 is 14.6 Å². The van der Waals surface area contributed by atoms with Crippen molar-refractivity contribution in [2.75, 3.05) is 19.5 Å². The molecule has 0 aromatic heterocycles. The number of methoxy groups -OCH3 is 1. The molecule has 1 fully saturated rings. The van der Waals surface area contributed by atoms with Crippen molar-refractivity contribution in [1.29, 1.82) is 0 Å². The van der Waals surface area contributed by atoms with Crippen LogP contribution in [-0.2, 0) is 6.54 Å². The van der Waals surface area contributed by atoms with E-state index in [9.17, 15) is 9.90 Å². The molecule has 1 aliphatic carbocycles. The number of amides is 2. The van der Waals surface area contributed by atoms with Crippen LogP contribution >= 0.6 is 11.8 Å². The number of carbonyl (C=O) groups is 1. The molecule has 1 saturated carbocycles. The summed E-state index contributed by atoms with van der Waals surface area (Å²) in [6, 6.07) is 12.9. The number of hydrogen-bond acceptors (Lipinski definition) is 4. The summed E-state index contributed by atoms with van der Waals surface area (Å²) in [4.78, 5) is 15.4. The molecule has 6 heteroatoms. The minimum atomic E-state index is -0.165. The zero-order valence-corrected chi connectivity index (χ0v) is 16.6. The maximum atomic E-state index is 12.7. The van der Waals surface area contributed by atoms with Gasteiger partial charge in [0.2, 0.25) is 0 Å². The van der Waals surface area contributed by atoms with Gasteiger partial charge in [0.1, 0.15) is 0 Å². The third kappa shape index (κ3) is 5.10. The number of benzene rings is 2. The van der Waals surface area contributed by atoms with Crippen molar-refractivity contribution in [3.8, 4) is 11.5 Å². The van der Waals surface area contributed by atoms with E-state index < -0.39 is 0 Å². The smallest absolute Gasteiger partial charge is 0.321 e. The van der Waals surface area contributed by atoms with E-state index in [1.807, 2.05) is 30.0 Å². The van der Waals surface area contributed by atoms with Crippen LogP contribution in [0.4, 0.5) is 10.5 Å². The molecule has 3 rings (SSSR count). The molecule has 0 heterocycles. The second-order valence-corrected chi connectivity index (χ2v) is 8.16. The fourth-order valence-electron chi connectivity index (χ4n) is 3.24. The van der Waals surface area contributed by atoms with E-state index in [4.69, 9.17) is 4.74 Å². The standard InChI is InChI=1S/C21H26N2O3S/c1-23(14-15-11-12-18(24)19(13-15)26-2)21(25)22-17-9-5-6-10-20(17)27-16-7-3-4-8-16/h5-6,9-13,16,24H,3-4,7-8,14H2,1-2H3,(H,22,25). The highest BCUT2D eigenvalue weighted by molar-refractivity contribution is 8.00. The van der Waals surface area contributed by atoms with E-state index in [1.165, 1.54) is 32.8 Å². The van der Waals surface area contributed by atoms with Crippen molar-refractivity contribution in [2.24, 2.45) is 0 Å². The number of phenolic OH excluding ortho intramolecular Hbond substituents is 1. The van der Waals surface area contributed by atoms with Crippen molar-refractivity contribution in [3.63, 3.8) is 0 Å². The molecule has 144 valence electrons. The van der Waals surface area contributed by atoms with Crippen LogP contribution in [0.5, 0.6) is 11.5 Å². The molecule has 0 saturated heterocycles. The van der Waals surface area contributed by atoms with E-state index in [1.54, 1.807) is 30.1 Å². The Morgan fingerprint density at radius 3 is 2.74 bits per heavy atom. The quantitative estimate of drug-likeness (QED) is 0.725. The number of hydrogen-bond donors (Lipinski definition) is 2. The number of urea groups is 1. The Labute approximate surface area is 164 Å². The zero-order valence-electron chi connectivity index (χ0n) is 15.8. The topological polar surface area (TPSA) is 61.8 Å². The Hall–Kier alpha value is -2.34. The maximum absolute atomic E-state index is 12.7. The molecule has 2 aromatic carbocycles. The fourth-order valence-corrected chi connectivity index (χ4v) is 4.57. The summed E-state index contributed by atoms with van der Waals surface area (Å²) in [6.45, 7) is 0.417. The summed E-state index contributed by atoms with van der Waals surface area (Å²) in [5, 5.41) is 13.4. The van der Waals surface area contributed by atoms with Crippen molar-refractivity contribution in [2.45, 2.75) is 42.4 Å². The van der Waals surface area contributed by atoms with Crippen LogP contribution in [0.25, 0.3) is 0 Å². The van der Waals surface area contributed by atoms with Gasteiger partial charge in [-0.05, 0) is 42.7 Å². The number of rotatable bonds is 6. The predicted molar refractivity (Wildman–Crippen MR) is 110 cm³/mol. The molecule has 5 nitrogen and oxygen atoms in total. The van der Waals surface area contributed by atoms with Crippen molar-refractivity contribution in [3.05, 3.63) is 48.0 Å². The van der Waals surface area contributed by atoms with Gasteiger partial charge in [0.15, 0.2) is 11.5 Å². The minimum absolute atomic E-state index is 0.0891. The van der Waals surface area contributed by atoms with Crippen LogP contribution < -0.4 is 10.1 Å². The monoisotopic (exact) mass is 386 g/mol. The normalized spacial score (nSPS) is 14.1. The molecule has 2 amide bonds. The highest BCUT2D eigenvalue weighted by Gasteiger charge is 2.19. The summed E-state index contributed by atoms with van der Waals surface area (Å²) >= 11 is 1.86. The predicted octanol–water partition coefficient (Wildman–Crippen LogP) is 5.10. The first-order chi connectivity index (χ1) is 13.1. The first kappa shape index (κ1) is 19.4. The summed E-state index contributed by atoms with van der Waals surface area (Å²) in [5.74, 6) is 0.492. The second-order valence-electron chi connectivity index (χ2n) is 6.81. The molecule has 1 aliphatic rings. The lowest BCUT2D eigenvalue weighted by Gasteiger charge is -2.20. The Bertz CT molecular complexity index is 791. The van der Waals surface area contributed by atoms with Crippen LogP contribution in [0.15, 0.2) is 47.4 Å². The van der Waals surface area contributed by atoms with Crippen LogP contribution in [-0.4, -0.2) is 35.4 Å². The average molecular weight is 387 g/mol. The molecule has 0 unspecified atom stereocenters. The number of carbonyl (C=O) groups excluding carboxylic acids is 1. The third-order valence-electron chi connectivity index (χ3n) is 4.74. The van der Waals surface area contributed by atoms with E-state index in [-0.39, 0.29) is 11.8 Å². The third-order valence-corrected chi connectivity index (χ3v) is 6.15. The van der Waals surface area contributed by atoms with Gasteiger partial charge in [-0.25, -0.2) is 4.79 Å². The van der Waals surface area contributed by atoms with Crippen LogP contribution in [0.2, 0.25) is 0 Å². The molecule has 2 aromatic rings. The summed E-state index contributed by atoms with van der Waals surface area (Å²) in [5.41, 5.74) is 1.74. The molecular weight excluding hydrogens is 360 g/mol. The highest BCUT2D eigenvalue weighted by Crippen LogP contribution is 2.38. The number of anilines is 1. The molecule has 0 bridgehead atoms. The average Bonchev–Trinajstić information content (AvgIpc) is 3.18. The van der Waals surface area contributed by atoms with Gasteiger partial charge in [-0.2, -0.15) is 0 Å². The number of thioether (sulfide) groups is 1. The van der Waals surface area contributed by atoms with Gasteiger partial charge in [-0.1, -0.05) is 31.0 Å². The highest BCUT2D eigenvalue weighted by atomic mass is 32.2. The lowest BCUT2D eigenvalue weighted by atomic mass is 10.2. The fraction of sp³-hybridized carbons (Fsp3) is 0.381. The Morgan fingerprint density at radius 2 is 2.00 bits per heavy atom. The van der Waals surface area contributed by atoms with Gasteiger partial charge in [0.05, 0.1) is 12.8 Å². The van der Waals surface area contributed by atoms with Crippen molar-refractivity contribution >= 4 is 23.5 Å². The van der Waals surface area contributed by atoms with Crippen LogP contribution in [0.3, 0.4) is 0 Å². The van der Waals surface area contributed by atoms with E-state index in [0.717, 1.165) is 16.1 Å². The zero-order chi connectivity index (χ0) is 19.2. The minimum Gasteiger partial charge on any atom is -0.504 e. The first-order valence-electron chi connectivity index (χ1n) is 9.20.